The molecule has 112 valence electrons. The Morgan fingerprint density at radius 3 is 2.70 bits per heavy atom. The lowest BCUT2D eigenvalue weighted by molar-refractivity contribution is -0.149. The number of aliphatic hydroxyl groups is 1. The quantitative estimate of drug-likeness (QED) is 0.633. The number of pyridine rings is 1. The fraction of sp³-hybridized carbons (Fsp3) is 0.455. The summed E-state index contributed by atoms with van der Waals surface area (Å²) in [6.45, 7) is -2.45. The van der Waals surface area contributed by atoms with Crippen LogP contribution in [0, 0.1) is 0 Å². The van der Waals surface area contributed by atoms with E-state index in [-0.39, 0.29) is 6.54 Å². The molecule has 1 rings (SSSR count). The van der Waals surface area contributed by atoms with Gasteiger partial charge in [0.2, 0.25) is 0 Å². The van der Waals surface area contributed by atoms with Crippen molar-refractivity contribution in [3.05, 3.63) is 24.4 Å². The maximum absolute atomic E-state index is 12.2. The summed E-state index contributed by atoms with van der Waals surface area (Å²) in [6, 6.07) is 4.95. The maximum Gasteiger partial charge on any atom is 0.401 e. The second-order valence-electron chi connectivity index (χ2n) is 3.94. The molecule has 1 amide bonds. The summed E-state index contributed by atoms with van der Waals surface area (Å²) < 4.78 is 36.7. The maximum atomic E-state index is 12.2. The van der Waals surface area contributed by atoms with Crippen LogP contribution in [0.25, 0.3) is 0 Å². The van der Waals surface area contributed by atoms with E-state index in [9.17, 15) is 18.0 Å². The summed E-state index contributed by atoms with van der Waals surface area (Å²) in [5.41, 5.74) is 4.71. The molecule has 9 heteroatoms. The van der Waals surface area contributed by atoms with Gasteiger partial charge in [-0.1, -0.05) is 6.07 Å². The van der Waals surface area contributed by atoms with Gasteiger partial charge in [-0.2, -0.15) is 13.2 Å². The first kappa shape index (κ1) is 16.2. The number of halogens is 3. The highest BCUT2D eigenvalue weighted by molar-refractivity contribution is 5.79. The van der Waals surface area contributed by atoms with Crippen LogP contribution in [0.5, 0.6) is 0 Å². The van der Waals surface area contributed by atoms with Crippen LogP contribution in [0.3, 0.4) is 0 Å². The van der Waals surface area contributed by atoms with E-state index >= 15 is 0 Å². The number of hydrogen-bond acceptors (Lipinski definition) is 5. The van der Waals surface area contributed by atoms with Gasteiger partial charge in [-0.25, -0.2) is 4.98 Å². The van der Waals surface area contributed by atoms with Crippen molar-refractivity contribution in [2.75, 3.05) is 31.7 Å². The standard InChI is InChI=1S/C11H15F3N4O2/c12-11(13,14)8-18(5-6-19)7-10(20)17-16-9-3-1-2-4-15-9/h1-4,19H,5-8H2,(H,15,16)(H,17,20). The lowest BCUT2D eigenvalue weighted by Crippen LogP contribution is -2.44. The van der Waals surface area contributed by atoms with Gasteiger partial charge in [-0.3, -0.25) is 20.5 Å². The Balaban J connectivity index is 2.41. The fourth-order valence-electron chi connectivity index (χ4n) is 1.42. The van der Waals surface area contributed by atoms with Crippen LogP contribution >= 0.6 is 0 Å². The molecule has 0 atom stereocenters. The molecule has 3 N–H and O–H groups in total. The Labute approximate surface area is 113 Å². The van der Waals surface area contributed by atoms with Crippen molar-refractivity contribution < 1.29 is 23.1 Å². The van der Waals surface area contributed by atoms with Crippen LogP contribution in [0.15, 0.2) is 24.4 Å². The summed E-state index contributed by atoms with van der Waals surface area (Å²) in [4.78, 5) is 16.2. The fourth-order valence-corrected chi connectivity index (χ4v) is 1.42. The number of hydrogen-bond donors (Lipinski definition) is 3. The van der Waals surface area contributed by atoms with E-state index in [0.29, 0.717) is 5.82 Å². The molecule has 20 heavy (non-hydrogen) atoms. The second kappa shape index (κ2) is 7.65. The molecule has 0 aliphatic heterocycles. The van der Waals surface area contributed by atoms with Crippen LogP contribution in [-0.4, -0.2) is 53.3 Å². The first-order valence-corrected chi connectivity index (χ1v) is 5.76. The summed E-state index contributed by atoms with van der Waals surface area (Å²) in [5, 5.41) is 8.69. The number of nitrogens with zero attached hydrogens (tertiary/aromatic N) is 2. The summed E-state index contributed by atoms with van der Waals surface area (Å²) >= 11 is 0. The third kappa shape index (κ3) is 6.90. The predicted octanol–water partition coefficient (Wildman–Crippen LogP) is 0.381. The van der Waals surface area contributed by atoms with Crippen molar-refractivity contribution in [2.24, 2.45) is 0 Å². The number of aromatic nitrogens is 1. The number of nitrogens with one attached hydrogen (secondary N) is 2. The predicted molar refractivity (Wildman–Crippen MR) is 65.6 cm³/mol. The van der Waals surface area contributed by atoms with Crippen molar-refractivity contribution in [2.45, 2.75) is 6.18 Å². The molecule has 0 saturated carbocycles. The number of hydrazine groups is 1. The Hall–Kier alpha value is -1.87. The molecule has 0 saturated heterocycles. The van der Waals surface area contributed by atoms with Gasteiger partial charge >= 0.3 is 6.18 Å². The molecule has 1 aromatic heterocycles. The number of amides is 1. The molecule has 0 unspecified atom stereocenters. The molecule has 0 aliphatic rings. The molecule has 0 fully saturated rings. The Morgan fingerprint density at radius 2 is 2.15 bits per heavy atom. The van der Waals surface area contributed by atoms with Crippen LogP contribution in [0.2, 0.25) is 0 Å². The largest absolute Gasteiger partial charge is 0.401 e. The zero-order chi connectivity index (χ0) is 15.0. The summed E-state index contributed by atoms with van der Waals surface area (Å²) in [6.07, 6.45) is -2.93. The van der Waals surface area contributed by atoms with Gasteiger partial charge in [0.1, 0.15) is 5.82 Å². The first-order valence-electron chi connectivity index (χ1n) is 5.76. The van der Waals surface area contributed by atoms with E-state index in [1.807, 2.05) is 0 Å². The lowest BCUT2D eigenvalue weighted by atomic mass is 10.4. The lowest BCUT2D eigenvalue weighted by Gasteiger charge is -2.22. The normalized spacial score (nSPS) is 11.4. The Kier molecular flexibility index (Phi) is 6.19. The highest BCUT2D eigenvalue weighted by Gasteiger charge is 2.31. The summed E-state index contributed by atoms with van der Waals surface area (Å²) in [5.74, 6) is -0.293. The molecule has 6 nitrogen and oxygen atoms in total. The van der Waals surface area contributed by atoms with Gasteiger partial charge in [0.05, 0.1) is 19.7 Å². The van der Waals surface area contributed by atoms with E-state index in [0.717, 1.165) is 4.90 Å². The monoisotopic (exact) mass is 292 g/mol. The minimum Gasteiger partial charge on any atom is -0.395 e. The van der Waals surface area contributed by atoms with Crippen molar-refractivity contribution in [1.82, 2.24) is 15.3 Å². The zero-order valence-electron chi connectivity index (χ0n) is 10.5. The third-order valence-electron chi connectivity index (χ3n) is 2.18. The van der Waals surface area contributed by atoms with Gasteiger partial charge in [-0.05, 0) is 12.1 Å². The van der Waals surface area contributed by atoms with Crippen LogP contribution in [-0.2, 0) is 4.79 Å². The van der Waals surface area contributed by atoms with E-state index in [4.69, 9.17) is 5.11 Å². The SMILES string of the molecule is O=C(CN(CCO)CC(F)(F)F)NNc1ccccn1. The van der Waals surface area contributed by atoms with E-state index in [1.54, 1.807) is 18.2 Å². The van der Waals surface area contributed by atoms with Crippen molar-refractivity contribution in [3.8, 4) is 0 Å². The van der Waals surface area contributed by atoms with Gasteiger partial charge in [0, 0.05) is 12.7 Å². The Bertz CT molecular complexity index is 414. The van der Waals surface area contributed by atoms with E-state index < -0.39 is 31.8 Å². The summed E-state index contributed by atoms with van der Waals surface area (Å²) in [7, 11) is 0. The minimum atomic E-state index is -4.43. The molecule has 0 radical (unpaired) electrons. The van der Waals surface area contributed by atoms with Gasteiger partial charge in [0.25, 0.3) is 5.91 Å². The first-order chi connectivity index (χ1) is 9.40. The number of carbonyl (C=O) groups excluding carboxylic acids is 1. The van der Waals surface area contributed by atoms with Crippen LogP contribution in [0.4, 0.5) is 19.0 Å². The highest BCUT2D eigenvalue weighted by Crippen LogP contribution is 2.15. The topological polar surface area (TPSA) is 77.5 Å². The van der Waals surface area contributed by atoms with Crippen molar-refractivity contribution in [1.29, 1.82) is 0 Å². The minimum absolute atomic E-state index is 0.240. The average Bonchev–Trinajstić information content (AvgIpc) is 2.36. The van der Waals surface area contributed by atoms with E-state index in [1.165, 1.54) is 6.20 Å². The highest BCUT2D eigenvalue weighted by atomic mass is 19.4. The second-order valence-corrected chi connectivity index (χ2v) is 3.94. The molecule has 1 heterocycles. The zero-order valence-corrected chi connectivity index (χ0v) is 10.5. The van der Waals surface area contributed by atoms with Gasteiger partial charge in [-0.15, -0.1) is 0 Å². The molecular weight excluding hydrogens is 277 g/mol. The number of carbonyl (C=O) groups is 1. The third-order valence-corrected chi connectivity index (χ3v) is 2.18. The van der Waals surface area contributed by atoms with Crippen molar-refractivity contribution >= 4 is 11.7 Å². The van der Waals surface area contributed by atoms with Crippen molar-refractivity contribution in [3.63, 3.8) is 0 Å². The number of aliphatic hydroxyl groups excluding tert-OH is 1. The van der Waals surface area contributed by atoms with Gasteiger partial charge in [0.15, 0.2) is 0 Å². The van der Waals surface area contributed by atoms with Crippen LogP contribution in [0.1, 0.15) is 0 Å². The molecule has 0 aliphatic carbocycles. The number of rotatable bonds is 7. The van der Waals surface area contributed by atoms with E-state index in [2.05, 4.69) is 15.8 Å². The van der Waals surface area contributed by atoms with Crippen LogP contribution < -0.4 is 10.9 Å². The average molecular weight is 292 g/mol. The molecule has 0 spiro atoms. The number of alkyl halides is 3. The molecular formula is C11H15F3N4O2. The smallest absolute Gasteiger partial charge is 0.395 e. The Morgan fingerprint density at radius 1 is 1.40 bits per heavy atom. The molecule has 0 bridgehead atoms. The molecule has 0 aromatic carbocycles. The number of anilines is 1. The van der Waals surface area contributed by atoms with Gasteiger partial charge < -0.3 is 5.11 Å². The molecule has 1 aromatic rings.